The predicted octanol–water partition coefficient (Wildman–Crippen LogP) is 4.10. The van der Waals surface area contributed by atoms with Crippen molar-refractivity contribution < 1.29 is 33.8 Å². The molecule has 4 aliphatic rings. The van der Waals surface area contributed by atoms with Crippen LogP contribution in [0.2, 0.25) is 0 Å². The third-order valence-corrected chi connectivity index (χ3v) is 11.7. The average molecular weight is 566 g/mol. The van der Waals surface area contributed by atoms with E-state index in [-0.39, 0.29) is 52.2 Å². The molecule has 0 aromatic rings. The third kappa shape index (κ3) is 3.69. The highest BCUT2D eigenvalue weighted by Gasteiger charge is 2.74. The van der Waals surface area contributed by atoms with Crippen molar-refractivity contribution in [1.82, 2.24) is 0 Å². The minimum atomic E-state index is -1.45. The Labute approximate surface area is 221 Å². The largest absolute Gasteiger partial charge is 0.458 e. The van der Waals surface area contributed by atoms with Crippen molar-refractivity contribution in [2.75, 3.05) is 13.2 Å². The lowest BCUT2D eigenvalue weighted by Crippen LogP contribution is -2.65. The second-order valence-electron chi connectivity index (χ2n) is 11.7. The number of allylic oxidation sites excluding steroid dienone is 4. The summed E-state index contributed by atoms with van der Waals surface area (Å²) in [6, 6.07) is 0. The van der Waals surface area contributed by atoms with Gasteiger partial charge in [0.1, 0.15) is 0 Å². The number of Topliss-reactive ketones (excluding diaryl/α,β-unsaturated/α-hetero) is 1. The van der Waals surface area contributed by atoms with Gasteiger partial charge < -0.3 is 14.6 Å². The molecule has 1 N–H and O–H groups in total. The van der Waals surface area contributed by atoms with E-state index in [1.807, 2.05) is 19.9 Å². The zero-order valence-corrected chi connectivity index (χ0v) is 23.4. The zero-order chi connectivity index (χ0) is 26.7. The van der Waals surface area contributed by atoms with E-state index >= 15 is 0 Å². The minimum absolute atomic E-state index is 0.0184. The van der Waals surface area contributed by atoms with Gasteiger partial charge in [0.15, 0.2) is 18.0 Å². The van der Waals surface area contributed by atoms with Gasteiger partial charge in [0.2, 0.25) is 5.78 Å². The van der Waals surface area contributed by atoms with Crippen molar-refractivity contribution in [2.45, 2.75) is 76.6 Å². The summed E-state index contributed by atoms with van der Waals surface area (Å²) in [5.74, 6) is -1.47. The van der Waals surface area contributed by atoms with E-state index in [0.717, 1.165) is 18.4 Å². The van der Waals surface area contributed by atoms with E-state index in [2.05, 4.69) is 29.8 Å². The summed E-state index contributed by atoms with van der Waals surface area (Å²) in [6.45, 7) is 8.77. The summed E-state index contributed by atoms with van der Waals surface area (Å²) in [5, 5.41) is 9.35. The lowest BCUT2D eigenvalue weighted by molar-refractivity contribution is -0.196. The van der Waals surface area contributed by atoms with Gasteiger partial charge in [-0.25, -0.2) is 0 Å². The first-order valence-electron chi connectivity index (χ1n) is 12.9. The number of hydrogen-bond donors (Lipinski definition) is 1. The molecule has 0 unspecified atom stereocenters. The van der Waals surface area contributed by atoms with Gasteiger partial charge in [-0.2, -0.15) is 0 Å². The molecule has 0 saturated heterocycles. The quantitative estimate of drug-likeness (QED) is 0.382. The molecule has 0 heterocycles. The number of ether oxygens (including phenoxy) is 2. The number of aliphatic hydroxyl groups excluding tert-OH is 1. The Balaban J connectivity index is 1.79. The van der Waals surface area contributed by atoms with Crippen LogP contribution in [0.25, 0.3) is 0 Å². The normalized spacial score (nSPS) is 43.1. The van der Waals surface area contributed by atoms with Gasteiger partial charge in [0.25, 0.3) is 0 Å². The topological polar surface area (TPSA) is 107 Å². The lowest BCUT2D eigenvalue weighted by atomic mass is 9.45. The molecule has 3 fully saturated rings. The summed E-state index contributed by atoms with van der Waals surface area (Å²) in [7, 11) is 0. The number of aliphatic hydroxyl groups is 1. The molecular formula is C28H37BrO7. The maximum absolute atomic E-state index is 13.8. The van der Waals surface area contributed by atoms with Gasteiger partial charge in [-0.15, -0.1) is 0 Å². The van der Waals surface area contributed by atoms with Crippen LogP contribution in [0.5, 0.6) is 0 Å². The summed E-state index contributed by atoms with van der Waals surface area (Å²) in [6.07, 6.45) is 8.15. The third-order valence-electron chi connectivity index (χ3n) is 9.94. The number of fused-ring (bicyclic) bond motifs is 5. The molecule has 36 heavy (non-hydrogen) atoms. The van der Waals surface area contributed by atoms with Gasteiger partial charge in [-0.05, 0) is 55.6 Å². The molecule has 0 aliphatic heterocycles. The molecule has 0 bridgehead atoms. The Morgan fingerprint density at radius 1 is 1.14 bits per heavy atom. The number of halogens is 1. The van der Waals surface area contributed by atoms with Crippen molar-refractivity contribution in [2.24, 2.45) is 34.5 Å². The van der Waals surface area contributed by atoms with E-state index in [0.29, 0.717) is 12.8 Å². The van der Waals surface area contributed by atoms with Crippen LogP contribution in [0.1, 0.15) is 66.7 Å². The maximum Gasteiger partial charge on any atom is 0.309 e. The van der Waals surface area contributed by atoms with Gasteiger partial charge in [0.05, 0.1) is 13.0 Å². The van der Waals surface area contributed by atoms with Crippen molar-refractivity contribution in [3.8, 4) is 0 Å². The minimum Gasteiger partial charge on any atom is -0.458 e. The maximum atomic E-state index is 13.8. The number of alkyl halides is 1. The summed E-state index contributed by atoms with van der Waals surface area (Å²) < 4.78 is 10.9. The van der Waals surface area contributed by atoms with E-state index < -0.39 is 35.3 Å². The lowest BCUT2D eigenvalue weighted by Gasteiger charge is -2.64. The summed E-state index contributed by atoms with van der Waals surface area (Å²) in [5.41, 5.74) is -1.34. The van der Waals surface area contributed by atoms with Crippen molar-refractivity contribution in [3.05, 3.63) is 23.8 Å². The van der Waals surface area contributed by atoms with Crippen molar-refractivity contribution >= 4 is 39.4 Å². The first kappa shape index (κ1) is 27.2. The van der Waals surface area contributed by atoms with E-state index in [1.165, 1.54) is 6.92 Å². The highest BCUT2D eigenvalue weighted by molar-refractivity contribution is 9.10. The fourth-order valence-corrected chi connectivity index (χ4v) is 9.33. The standard InChI is InChI=1S/C28H37BrO7/c1-16-12-22-21-13-17(2)28(36-24(34)7-11-30,23(33)15-35-18(3)31)26(21,5)9-10-27(22,29)25(4)8-6-19(32)14-20(16)25/h6,8,14,16-17,21-22,30H,7,9-13,15H2,1-5H3/t16-,17-,21-,22-,25-,26-,27+,28-/m0/s1. The van der Waals surface area contributed by atoms with Crippen molar-refractivity contribution in [3.63, 3.8) is 0 Å². The molecule has 3 saturated carbocycles. The molecule has 4 aliphatic carbocycles. The van der Waals surface area contributed by atoms with E-state index in [1.54, 1.807) is 12.2 Å². The van der Waals surface area contributed by atoms with Crippen LogP contribution in [0, 0.1) is 34.5 Å². The van der Waals surface area contributed by atoms with Gasteiger partial charge >= 0.3 is 11.9 Å². The zero-order valence-electron chi connectivity index (χ0n) is 21.8. The molecule has 8 heteroatoms. The van der Waals surface area contributed by atoms with Crippen LogP contribution >= 0.6 is 15.9 Å². The molecular weight excluding hydrogens is 528 g/mol. The Morgan fingerprint density at radius 2 is 1.83 bits per heavy atom. The fraction of sp³-hybridized carbons (Fsp3) is 0.714. The van der Waals surface area contributed by atoms with Crippen LogP contribution in [0.3, 0.4) is 0 Å². The smallest absolute Gasteiger partial charge is 0.309 e. The first-order chi connectivity index (χ1) is 16.8. The van der Waals surface area contributed by atoms with Gasteiger partial charge in [-0.3, -0.25) is 19.2 Å². The monoisotopic (exact) mass is 564 g/mol. The SMILES string of the molecule is CC(=O)OCC(=O)[C@@]1(OC(=O)CCO)[C@@H](C)C[C@H]2[C@@H]3C[C@H](C)C4=CC(=O)C=C[C@]4(C)[C@@]3(Br)CC[C@@]21C. The second kappa shape index (κ2) is 9.19. The molecule has 4 rings (SSSR count). The average Bonchev–Trinajstić information content (AvgIpc) is 3.03. The van der Waals surface area contributed by atoms with Crippen LogP contribution in [-0.4, -0.2) is 51.8 Å². The van der Waals surface area contributed by atoms with Crippen LogP contribution < -0.4 is 0 Å². The number of carbonyl (C=O) groups excluding carboxylic acids is 4. The van der Waals surface area contributed by atoms with Crippen LogP contribution in [0.4, 0.5) is 0 Å². The number of esters is 2. The van der Waals surface area contributed by atoms with E-state index in [4.69, 9.17) is 9.47 Å². The highest BCUT2D eigenvalue weighted by Crippen LogP contribution is 2.73. The number of rotatable bonds is 6. The second-order valence-corrected chi connectivity index (χ2v) is 13.1. The van der Waals surface area contributed by atoms with Gasteiger partial charge in [0, 0.05) is 28.0 Å². The number of carbonyl (C=O) groups is 4. The summed E-state index contributed by atoms with van der Waals surface area (Å²) in [4.78, 5) is 50.4. The Bertz CT molecular complexity index is 1050. The summed E-state index contributed by atoms with van der Waals surface area (Å²) >= 11 is 4.20. The first-order valence-corrected chi connectivity index (χ1v) is 13.7. The Morgan fingerprint density at radius 3 is 2.47 bits per heavy atom. The van der Waals surface area contributed by atoms with Crippen LogP contribution in [0.15, 0.2) is 23.8 Å². The van der Waals surface area contributed by atoms with Crippen molar-refractivity contribution in [1.29, 1.82) is 0 Å². The van der Waals surface area contributed by atoms with Gasteiger partial charge in [-0.1, -0.05) is 55.3 Å². The molecule has 198 valence electrons. The highest BCUT2D eigenvalue weighted by atomic mass is 79.9. The fourth-order valence-electron chi connectivity index (χ4n) is 8.27. The number of ketones is 2. The molecule has 0 aromatic carbocycles. The molecule has 0 spiro atoms. The molecule has 0 radical (unpaired) electrons. The molecule has 7 nitrogen and oxygen atoms in total. The molecule has 0 aromatic heterocycles. The van der Waals surface area contributed by atoms with Crippen LogP contribution in [-0.2, 0) is 28.7 Å². The Kier molecular flexibility index (Phi) is 6.95. The predicted molar refractivity (Wildman–Crippen MR) is 136 cm³/mol. The molecule has 0 amide bonds. The molecule has 8 atom stereocenters. The Hall–Kier alpha value is -1.80. The number of hydrogen-bond acceptors (Lipinski definition) is 7. The van der Waals surface area contributed by atoms with E-state index in [9.17, 15) is 24.3 Å².